The zero-order valence-corrected chi connectivity index (χ0v) is 13.7. The first-order chi connectivity index (χ1) is 9.29. The number of rotatable bonds is 2. The fraction of sp³-hybridized carbons (Fsp3) is 0.308. The Labute approximate surface area is 130 Å². The van der Waals surface area contributed by atoms with E-state index in [2.05, 4.69) is 31.3 Å². The zero-order valence-electron chi connectivity index (χ0n) is 11.3. The lowest BCUT2D eigenvalue weighted by Crippen LogP contribution is -2.22. The summed E-state index contributed by atoms with van der Waals surface area (Å²) in [5.74, 6) is -0.0936. The number of amides is 1. The van der Waals surface area contributed by atoms with E-state index in [9.17, 15) is 4.79 Å². The fourth-order valence-corrected chi connectivity index (χ4v) is 2.07. The highest BCUT2D eigenvalue weighted by atomic mass is 79.9. The molecule has 0 bridgehead atoms. The molecule has 0 saturated heterocycles. The lowest BCUT2D eigenvalue weighted by molar-refractivity contribution is 0.102. The van der Waals surface area contributed by atoms with Crippen LogP contribution in [0.5, 0.6) is 0 Å². The second-order valence-electron chi connectivity index (χ2n) is 5.24. The molecule has 1 aromatic heterocycles. The normalized spacial score (nSPS) is 11.4. The van der Waals surface area contributed by atoms with Gasteiger partial charge in [0.05, 0.1) is 16.1 Å². The van der Waals surface area contributed by atoms with Crippen LogP contribution in [0.25, 0.3) is 0 Å². The van der Waals surface area contributed by atoms with Crippen LogP contribution in [0.3, 0.4) is 0 Å². The van der Waals surface area contributed by atoms with E-state index in [-0.39, 0.29) is 17.4 Å². The monoisotopic (exact) mass is 356 g/mol. The quantitative estimate of drug-likeness (QED) is 0.891. The van der Waals surface area contributed by atoms with Gasteiger partial charge in [0, 0.05) is 4.47 Å². The van der Waals surface area contributed by atoms with E-state index in [0.717, 1.165) is 0 Å². The van der Waals surface area contributed by atoms with Gasteiger partial charge in [-0.1, -0.05) is 17.7 Å². The van der Waals surface area contributed by atoms with E-state index < -0.39 is 0 Å². The topological polar surface area (TPSA) is 59.8 Å². The molecule has 0 unspecified atom stereocenters. The number of halogens is 2. The molecule has 0 saturated carbocycles. The molecule has 1 heterocycles. The van der Waals surface area contributed by atoms with Crippen LogP contribution >= 0.6 is 27.5 Å². The van der Waals surface area contributed by atoms with E-state index in [1.807, 2.05) is 20.8 Å². The average Bonchev–Trinajstić information content (AvgIpc) is 2.81. The molecule has 2 aromatic rings. The lowest BCUT2D eigenvalue weighted by atomic mass is 10.1. The highest BCUT2D eigenvalue weighted by Crippen LogP contribution is 2.26. The van der Waals surface area contributed by atoms with Gasteiger partial charge in [-0.2, -0.15) is 0 Å². The second-order valence-corrected chi connectivity index (χ2v) is 6.47. The minimum absolute atomic E-state index is 0.191. The van der Waals surface area contributed by atoms with Crippen LogP contribution < -0.4 is 5.32 Å². The highest BCUT2D eigenvalue weighted by Gasteiger charge is 2.17. The molecule has 106 valence electrons. The highest BCUT2D eigenvalue weighted by molar-refractivity contribution is 9.10. The molecule has 0 fully saturated rings. The molecular formula is C13H14BrClN4O. The molecule has 1 amide bonds. The van der Waals surface area contributed by atoms with Crippen LogP contribution in [0.15, 0.2) is 29.0 Å². The number of benzene rings is 1. The van der Waals surface area contributed by atoms with Gasteiger partial charge in [-0.3, -0.25) is 10.1 Å². The lowest BCUT2D eigenvalue weighted by Gasteiger charge is -2.17. The maximum atomic E-state index is 12.1. The number of aromatic nitrogens is 3. The van der Waals surface area contributed by atoms with Gasteiger partial charge in [0.15, 0.2) is 0 Å². The molecule has 0 spiro atoms. The number of nitrogens with zero attached hydrogens (tertiary/aromatic N) is 3. The Morgan fingerprint density at radius 1 is 1.40 bits per heavy atom. The van der Waals surface area contributed by atoms with Crippen LogP contribution in [0.1, 0.15) is 31.1 Å². The van der Waals surface area contributed by atoms with Crippen molar-refractivity contribution < 1.29 is 4.79 Å². The Balaban J connectivity index is 2.20. The van der Waals surface area contributed by atoms with Crippen LogP contribution in [0, 0.1) is 0 Å². The van der Waals surface area contributed by atoms with E-state index in [4.69, 9.17) is 11.6 Å². The van der Waals surface area contributed by atoms with Crippen molar-refractivity contribution >= 4 is 39.4 Å². The predicted octanol–water partition coefficient (Wildman–Crippen LogP) is 3.70. The molecule has 0 atom stereocenters. The van der Waals surface area contributed by atoms with Crippen molar-refractivity contribution in [2.45, 2.75) is 26.3 Å². The SMILES string of the molecule is CC(C)(C)n1cnc(NC(=O)c2cccc(Br)c2Cl)n1. The molecule has 2 rings (SSSR count). The van der Waals surface area contributed by atoms with Crippen molar-refractivity contribution in [1.29, 1.82) is 0 Å². The number of carbonyl (C=O) groups excluding carboxylic acids is 1. The molecule has 0 aliphatic rings. The summed E-state index contributed by atoms with van der Waals surface area (Å²) in [6.45, 7) is 6.00. The number of anilines is 1. The largest absolute Gasteiger partial charge is 0.289 e. The molecule has 7 heteroatoms. The second kappa shape index (κ2) is 5.54. The van der Waals surface area contributed by atoms with Gasteiger partial charge >= 0.3 is 0 Å². The minimum Gasteiger partial charge on any atom is -0.289 e. The number of nitrogens with one attached hydrogen (secondary N) is 1. The molecular weight excluding hydrogens is 344 g/mol. The van der Waals surface area contributed by atoms with Crippen LogP contribution in [0.4, 0.5) is 5.95 Å². The van der Waals surface area contributed by atoms with Gasteiger partial charge in [-0.05, 0) is 48.8 Å². The van der Waals surface area contributed by atoms with E-state index in [0.29, 0.717) is 15.1 Å². The van der Waals surface area contributed by atoms with Crippen molar-refractivity contribution in [3.05, 3.63) is 39.6 Å². The third-order valence-corrected chi connectivity index (χ3v) is 3.90. The third kappa shape index (κ3) is 3.19. The fourth-order valence-electron chi connectivity index (χ4n) is 1.49. The predicted molar refractivity (Wildman–Crippen MR) is 82.1 cm³/mol. The maximum absolute atomic E-state index is 12.1. The average molecular weight is 358 g/mol. The minimum atomic E-state index is -0.344. The Morgan fingerprint density at radius 2 is 2.10 bits per heavy atom. The van der Waals surface area contributed by atoms with Gasteiger partial charge in [-0.25, -0.2) is 9.67 Å². The number of hydrogen-bond donors (Lipinski definition) is 1. The Kier molecular flexibility index (Phi) is 4.15. The van der Waals surface area contributed by atoms with Gasteiger partial charge in [0.1, 0.15) is 6.33 Å². The summed E-state index contributed by atoms with van der Waals surface area (Å²) in [5, 5.41) is 7.21. The molecule has 1 aromatic carbocycles. The van der Waals surface area contributed by atoms with Crippen molar-refractivity contribution in [3.8, 4) is 0 Å². The molecule has 20 heavy (non-hydrogen) atoms. The standard InChI is InChI=1S/C13H14BrClN4O/c1-13(2,3)19-7-16-12(18-19)17-11(20)8-5-4-6-9(14)10(8)15/h4-7H,1-3H3,(H,17,18,20). The third-order valence-electron chi connectivity index (χ3n) is 2.60. The maximum Gasteiger partial charge on any atom is 0.259 e. The molecule has 0 aliphatic heterocycles. The molecule has 0 radical (unpaired) electrons. The summed E-state index contributed by atoms with van der Waals surface area (Å²) in [6.07, 6.45) is 1.58. The summed E-state index contributed by atoms with van der Waals surface area (Å²) < 4.78 is 2.35. The van der Waals surface area contributed by atoms with Crippen LogP contribution in [0.2, 0.25) is 5.02 Å². The first-order valence-corrected chi connectivity index (χ1v) is 7.13. The molecule has 5 nitrogen and oxygen atoms in total. The van der Waals surface area contributed by atoms with E-state index >= 15 is 0 Å². The Morgan fingerprint density at radius 3 is 2.70 bits per heavy atom. The number of hydrogen-bond acceptors (Lipinski definition) is 3. The van der Waals surface area contributed by atoms with Crippen LogP contribution in [-0.4, -0.2) is 20.7 Å². The van der Waals surface area contributed by atoms with Gasteiger partial charge in [-0.15, -0.1) is 5.10 Å². The van der Waals surface area contributed by atoms with Gasteiger partial charge < -0.3 is 0 Å². The van der Waals surface area contributed by atoms with Crippen LogP contribution in [-0.2, 0) is 5.54 Å². The van der Waals surface area contributed by atoms with Crippen molar-refractivity contribution in [2.75, 3.05) is 5.32 Å². The molecule has 1 N–H and O–H groups in total. The van der Waals surface area contributed by atoms with Crippen molar-refractivity contribution in [2.24, 2.45) is 0 Å². The van der Waals surface area contributed by atoms with Gasteiger partial charge in [0.2, 0.25) is 5.95 Å². The van der Waals surface area contributed by atoms with Crippen molar-refractivity contribution in [1.82, 2.24) is 14.8 Å². The summed E-state index contributed by atoms with van der Waals surface area (Å²) >= 11 is 9.36. The Bertz CT molecular complexity index is 648. The van der Waals surface area contributed by atoms with Crippen molar-refractivity contribution in [3.63, 3.8) is 0 Å². The first-order valence-electron chi connectivity index (χ1n) is 5.96. The van der Waals surface area contributed by atoms with E-state index in [1.54, 1.807) is 29.2 Å². The summed E-state index contributed by atoms with van der Waals surface area (Å²) in [7, 11) is 0. The number of carbonyl (C=O) groups is 1. The van der Waals surface area contributed by atoms with E-state index in [1.165, 1.54) is 0 Å². The Hall–Kier alpha value is -1.40. The van der Waals surface area contributed by atoms with Gasteiger partial charge in [0.25, 0.3) is 5.91 Å². The summed E-state index contributed by atoms with van der Waals surface area (Å²) in [6, 6.07) is 5.15. The molecule has 0 aliphatic carbocycles. The smallest absolute Gasteiger partial charge is 0.259 e. The zero-order chi connectivity index (χ0) is 14.9. The first kappa shape index (κ1) is 15.0. The summed E-state index contributed by atoms with van der Waals surface area (Å²) in [5.41, 5.74) is 0.178. The summed E-state index contributed by atoms with van der Waals surface area (Å²) in [4.78, 5) is 16.2.